The smallest absolute Gasteiger partial charge is 0.338 e. The second-order valence-electron chi connectivity index (χ2n) is 9.76. The Bertz CT molecular complexity index is 1610. The van der Waals surface area contributed by atoms with Crippen LogP contribution in [0, 0.1) is 5.92 Å². The van der Waals surface area contributed by atoms with Crippen molar-refractivity contribution in [2.75, 3.05) is 31.4 Å². The standard InChI is InChI=1S/C28H29N3O6S/c1-4-34-27(33)24-17(3)29-28-31(25(24)18-5-7-20-21(13-18)36-15-35-20)26(32)22(38-28)14-19-6-8-23(37-19)30-11-9-16(2)10-12-30/h5-8,13-14,16,25H,4,9-12,15H2,1-3H3/b22-14+/t25-/m1/s1. The zero-order chi connectivity index (χ0) is 26.4. The van der Waals surface area contributed by atoms with Crippen LogP contribution in [0.5, 0.6) is 11.5 Å². The third-order valence-electron chi connectivity index (χ3n) is 7.21. The fraction of sp³-hybridized carbons (Fsp3) is 0.393. The van der Waals surface area contributed by atoms with Crippen molar-refractivity contribution in [1.82, 2.24) is 4.57 Å². The van der Waals surface area contributed by atoms with Crippen LogP contribution in [0.2, 0.25) is 0 Å². The molecule has 5 heterocycles. The third kappa shape index (κ3) is 4.32. The molecule has 2 aromatic heterocycles. The van der Waals surface area contributed by atoms with Gasteiger partial charge in [0.1, 0.15) is 5.76 Å². The topological polar surface area (TPSA) is 95.5 Å². The lowest BCUT2D eigenvalue weighted by Gasteiger charge is -2.29. The van der Waals surface area contributed by atoms with Crippen molar-refractivity contribution in [2.24, 2.45) is 10.9 Å². The van der Waals surface area contributed by atoms with Gasteiger partial charge in [-0.2, -0.15) is 0 Å². The lowest BCUT2D eigenvalue weighted by Crippen LogP contribution is -2.39. The van der Waals surface area contributed by atoms with Crippen LogP contribution in [0.4, 0.5) is 5.88 Å². The molecule has 38 heavy (non-hydrogen) atoms. The molecule has 3 aliphatic rings. The Balaban J connectivity index is 1.43. The van der Waals surface area contributed by atoms with Crippen LogP contribution in [0.25, 0.3) is 6.08 Å². The number of anilines is 1. The van der Waals surface area contributed by atoms with Gasteiger partial charge in [-0.3, -0.25) is 9.36 Å². The minimum Gasteiger partial charge on any atom is -0.463 e. The van der Waals surface area contributed by atoms with Gasteiger partial charge >= 0.3 is 5.97 Å². The van der Waals surface area contributed by atoms with Gasteiger partial charge in [0.2, 0.25) is 6.79 Å². The maximum Gasteiger partial charge on any atom is 0.338 e. The van der Waals surface area contributed by atoms with Crippen LogP contribution < -0.4 is 29.3 Å². The van der Waals surface area contributed by atoms with E-state index < -0.39 is 12.0 Å². The average molecular weight is 536 g/mol. The number of rotatable bonds is 5. The first-order chi connectivity index (χ1) is 18.4. The predicted octanol–water partition coefficient (Wildman–Crippen LogP) is 3.36. The number of carbonyl (C=O) groups is 1. The lowest BCUT2D eigenvalue weighted by molar-refractivity contribution is -0.139. The van der Waals surface area contributed by atoms with E-state index in [9.17, 15) is 9.59 Å². The molecule has 1 aromatic carbocycles. The van der Waals surface area contributed by atoms with Crippen molar-refractivity contribution < 1.29 is 23.4 Å². The van der Waals surface area contributed by atoms with Crippen LogP contribution in [0.15, 0.2) is 55.8 Å². The van der Waals surface area contributed by atoms with Gasteiger partial charge in [0.15, 0.2) is 22.2 Å². The average Bonchev–Trinajstić information content (AvgIpc) is 3.63. The number of aromatic nitrogens is 1. The molecule has 0 spiro atoms. The van der Waals surface area contributed by atoms with Gasteiger partial charge in [0.05, 0.1) is 28.5 Å². The van der Waals surface area contributed by atoms with Gasteiger partial charge in [-0.15, -0.1) is 0 Å². The maximum absolute atomic E-state index is 13.8. The first-order valence-corrected chi connectivity index (χ1v) is 13.7. The highest BCUT2D eigenvalue weighted by atomic mass is 32.1. The molecule has 0 bridgehead atoms. The van der Waals surface area contributed by atoms with E-state index in [4.69, 9.17) is 18.6 Å². The summed E-state index contributed by atoms with van der Waals surface area (Å²) < 4.78 is 24.5. The summed E-state index contributed by atoms with van der Waals surface area (Å²) in [4.78, 5) is 34.3. The number of thiazole rings is 1. The zero-order valence-electron chi connectivity index (χ0n) is 21.6. The second-order valence-corrected chi connectivity index (χ2v) is 10.8. The van der Waals surface area contributed by atoms with Crippen molar-refractivity contribution >= 4 is 29.3 Å². The number of benzene rings is 1. The first kappa shape index (κ1) is 24.5. The minimum atomic E-state index is -0.718. The molecule has 0 amide bonds. The fourth-order valence-electron chi connectivity index (χ4n) is 5.14. The van der Waals surface area contributed by atoms with E-state index >= 15 is 0 Å². The molecule has 0 unspecified atom stereocenters. The summed E-state index contributed by atoms with van der Waals surface area (Å²) in [5.74, 6) is 2.83. The highest BCUT2D eigenvalue weighted by Gasteiger charge is 2.34. The summed E-state index contributed by atoms with van der Waals surface area (Å²) in [7, 11) is 0. The second kappa shape index (κ2) is 9.83. The molecule has 0 N–H and O–H groups in total. The monoisotopic (exact) mass is 535 g/mol. The molecule has 0 aliphatic carbocycles. The zero-order valence-corrected chi connectivity index (χ0v) is 22.4. The minimum absolute atomic E-state index is 0.128. The Morgan fingerprint density at radius 3 is 2.76 bits per heavy atom. The van der Waals surface area contributed by atoms with E-state index in [1.165, 1.54) is 11.3 Å². The molecule has 3 aliphatic heterocycles. The van der Waals surface area contributed by atoms with Crippen molar-refractivity contribution in [3.05, 3.63) is 72.6 Å². The third-order valence-corrected chi connectivity index (χ3v) is 8.19. The van der Waals surface area contributed by atoms with Crippen LogP contribution in [-0.4, -0.2) is 37.0 Å². The number of furan rings is 1. The summed E-state index contributed by atoms with van der Waals surface area (Å²) in [6.45, 7) is 8.05. The van der Waals surface area contributed by atoms with Crippen LogP contribution in [-0.2, 0) is 9.53 Å². The number of carbonyl (C=O) groups excluding carboxylic acids is 1. The molecule has 198 valence electrons. The van der Waals surface area contributed by atoms with E-state index in [-0.39, 0.29) is 19.0 Å². The van der Waals surface area contributed by atoms with E-state index in [1.807, 2.05) is 18.2 Å². The Kier molecular flexibility index (Phi) is 6.35. The number of hydrogen-bond donors (Lipinski definition) is 0. The van der Waals surface area contributed by atoms with Gasteiger partial charge in [-0.25, -0.2) is 9.79 Å². The lowest BCUT2D eigenvalue weighted by atomic mass is 9.95. The van der Waals surface area contributed by atoms with Gasteiger partial charge in [0.25, 0.3) is 5.56 Å². The first-order valence-electron chi connectivity index (χ1n) is 12.9. The molecule has 1 saturated heterocycles. The number of piperidine rings is 1. The molecule has 10 heteroatoms. The number of esters is 1. The van der Waals surface area contributed by atoms with Crippen molar-refractivity contribution in [3.8, 4) is 11.5 Å². The molecule has 0 saturated carbocycles. The molecule has 1 atom stereocenters. The maximum atomic E-state index is 13.8. The van der Waals surface area contributed by atoms with Crippen LogP contribution in [0.1, 0.15) is 51.0 Å². The largest absolute Gasteiger partial charge is 0.463 e. The van der Waals surface area contributed by atoms with Crippen molar-refractivity contribution in [1.29, 1.82) is 0 Å². The molecule has 3 aromatic rings. The Morgan fingerprint density at radius 1 is 1.18 bits per heavy atom. The fourth-order valence-corrected chi connectivity index (χ4v) is 6.16. The molecular formula is C28H29N3O6S. The van der Waals surface area contributed by atoms with Gasteiger partial charge in [-0.05, 0) is 56.4 Å². The Morgan fingerprint density at radius 2 is 1.97 bits per heavy atom. The SMILES string of the molecule is CCOC(=O)C1=C(C)N=c2s/c(=C/c3ccc(N4CCC(C)CC4)o3)c(=O)n2[C@@H]1c1ccc2c(c1)OCO2. The van der Waals surface area contributed by atoms with Crippen molar-refractivity contribution in [2.45, 2.75) is 39.7 Å². The summed E-state index contributed by atoms with van der Waals surface area (Å²) in [6.07, 6.45) is 4.02. The van der Waals surface area contributed by atoms with Crippen molar-refractivity contribution in [3.63, 3.8) is 0 Å². The number of fused-ring (bicyclic) bond motifs is 2. The summed E-state index contributed by atoms with van der Waals surface area (Å²) in [6, 6.07) is 8.56. The van der Waals surface area contributed by atoms with E-state index in [1.54, 1.807) is 36.6 Å². The molecule has 1 fully saturated rings. The summed E-state index contributed by atoms with van der Waals surface area (Å²) in [5, 5.41) is 0. The number of nitrogens with zero attached hydrogens (tertiary/aromatic N) is 3. The highest BCUT2D eigenvalue weighted by Crippen LogP contribution is 2.38. The quantitative estimate of drug-likeness (QED) is 0.463. The van der Waals surface area contributed by atoms with E-state index in [0.717, 1.165) is 37.7 Å². The molecule has 6 rings (SSSR count). The summed E-state index contributed by atoms with van der Waals surface area (Å²) in [5.41, 5.74) is 1.29. The van der Waals surface area contributed by atoms with Gasteiger partial charge in [-0.1, -0.05) is 24.3 Å². The molecule has 9 nitrogen and oxygen atoms in total. The molecular weight excluding hydrogens is 506 g/mol. The molecule has 0 radical (unpaired) electrons. The number of allylic oxidation sites excluding steroid dienone is 1. The number of hydrogen-bond acceptors (Lipinski definition) is 9. The predicted molar refractivity (Wildman–Crippen MR) is 142 cm³/mol. The van der Waals surface area contributed by atoms with Crippen LogP contribution in [0.3, 0.4) is 0 Å². The Hall–Kier alpha value is -3.79. The van der Waals surface area contributed by atoms with Gasteiger partial charge < -0.3 is 23.5 Å². The Labute approximate surface area is 223 Å². The van der Waals surface area contributed by atoms with E-state index in [0.29, 0.717) is 43.4 Å². The summed E-state index contributed by atoms with van der Waals surface area (Å²) >= 11 is 1.27. The highest BCUT2D eigenvalue weighted by molar-refractivity contribution is 7.07. The number of ether oxygens (including phenoxy) is 3. The normalized spacial score (nSPS) is 19.5. The van der Waals surface area contributed by atoms with Gasteiger partial charge in [0, 0.05) is 25.2 Å². The van der Waals surface area contributed by atoms with E-state index in [2.05, 4.69) is 16.8 Å². The van der Waals surface area contributed by atoms with Crippen LogP contribution >= 0.6 is 11.3 Å².